The van der Waals surface area contributed by atoms with Crippen molar-refractivity contribution >= 4 is 29.0 Å². The topological polar surface area (TPSA) is 116 Å². The zero-order valence-corrected chi connectivity index (χ0v) is 11.6. The summed E-state index contributed by atoms with van der Waals surface area (Å²) in [5.74, 6) is -1.48. The van der Waals surface area contributed by atoms with E-state index in [1.165, 1.54) is 0 Å². The first-order valence-electron chi connectivity index (χ1n) is 5.36. The summed E-state index contributed by atoms with van der Waals surface area (Å²) in [4.78, 5) is 31.2. The van der Waals surface area contributed by atoms with Crippen LogP contribution in [-0.4, -0.2) is 41.9 Å². The van der Waals surface area contributed by atoms with Gasteiger partial charge in [-0.2, -0.15) is 0 Å². The lowest BCUT2D eigenvalue weighted by molar-refractivity contribution is -0.135. The Morgan fingerprint density at radius 1 is 1.20 bits per heavy atom. The smallest absolute Gasteiger partial charge is 0.369 e. The molecule has 0 spiro atoms. The van der Waals surface area contributed by atoms with Gasteiger partial charge in [-0.25, -0.2) is 9.59 Å². The van der Waals surface area contributed by atoms with E-state index in [1.807, 2.05) is 0 Å². The minimum atomic E-state index is -0.968. The van der Waals surface area contributed by atoms with Crippen molar-refractivity contribution < 1.29 is 29.0 Å². The summed E-state index contributed by atoms with van der Waals surface area (Å²) in [6.07, 6.45) is 1.58. The molecule has 1 aromatic carbocycles. The van der Waals surface area contributed by atoms with Crippen molar-refractivity contribution in [3.8, 4) is 0 Å². The normalized spacial score (nSPS) is 8.90. The van der Waals surface area contributed by atoms with Crippen molar-refractivity contribution in [1.29, 1.82) is 0 Å². The van der Waals surface area contributed by atoms with Gasteiger partial charge in [-0.05, 0) is 30.2 Å². The molecule has 7 nitrogen and oxygen atoms in total. The molecule has 0 radical (unpaired) electrons. The van der Waals surface area contributed by atoms with Gasteiger partial charge in [0.05, 0.1) is 12.1 Å². The highest BCUT2D eigenvalue weighted by Crippen LogP contribution is 2.02. The van der Waals surface area contributed by atoms with Crippen LogP contribution in [0, 0.1) is 0 Å². The number of carbonyl (C=O) groups is 3. The molecule has 0 atom stereocenters. The molecule has 0 aromatic heterocycles. The lowest BCUT2D eigenvalue weighted by atomic mass is 10.2. The van der Waals surface area contributed by atoms with Gasteiger partial charge in [0.25, 0.3) is 0 Å². The van der Waals surface area contributed by atoms with Crippen LogP contribution in [-0.2, 0) is 14.3 Å². The molecule has 0 heterocycles. The quantitative estimate of drug-likeness (QED) is 0.632. The van der Waals surface area contributed by atoms with Crippen LogP contribution in [0.5, 0.6) is 0 Å². The third-order valence-corrected chi connectivity index (χ3v) is 2.17. The average molecular weight is 301 g/mol. The van der Waals surface area contributed by atoms with E-state index in [9.17, 15) is 14.4 Å². The van der Waals surface area contributed by atoms with Crippen LogP contribution in [0.4, 0.5) is 4.79 Å². The summed E-state index contributed by atoms with van der Waals surface area (Å²) in [6.45, 7) is -0.632. The lowest BCUT2D eigenvalue weighted by Gasteiger charge is -2.04. The van der Waals surface area contributed by atoms with E-state index in [4.69, 9.17) is 9.84 Å². The Labute approximate surface area is 120 Å². The predicted molar refractivity (Wildman–Crippen MR) is 73.4 cm³/mol. The fourth-order valence-electron chi connectivity index (χ4n) is 0.848. The van der Waals surface area contributed by atoms with Crippen LogP contribution < -0.4 is 5.73 Å². The van der Waals surface area contributed by atoms with Crippen molar-refractivity contribution in [2.45, 2.75) is 0 Å². The number of benzene rings is 1. The number of hydrogen-bond donors (Lipinski definition) is 2. The predicted octanol–water partition coefficient (Wildman–Crippen LogP) is 1.33. The number of carboxylic acids is 1. The van der Waals surface area contributed by atoms with Crippen LogP contribution in [0.25, 0.3) is 0 Å². The molecule has 0 amide bonds. The molecule has 0 saturated heterocycles. The van der Waals surface area contributed by atoms with Crippen LogP contribution >= 0.6 is 11.8 Å². The second-order valence-electron chi connectivity index (χ2n) is 3.11. The van der Waals surface area contributed by atoms with Gasteiger partial charge in [-0.15, -0.1) is 0 Å². The molecule has 1 rings (SSSR count). The number of thioether (sulfide) groups is 1. The number of rotatable bonds is 4. The van der Waals surface area contributed by atoms with Gasteiger partial charge < -0.3 is 20.3 Å². The average Bonchev–Trinajstić information content (AvgIpc) is 2.48. The third kappa shape index (κ3) is 8.95. The van der Waals surface area contributed by atoms with Gasteiger partial charge in [0, 0.05) is 0 Å². The standard InChI is InChI=1S/C10H10O4S.C2H5NO2/c1-15-10(12)14-7-13-9(11)8-5-3-2-4-6-8;3-1-2(4)5/h2-6H,7H2,1H3;1,3H2,(H,4,5). The number of esters is 1. The summed E-state index contributed by atoms with van der Waals surface area (Å²) >= 11 is 0.920. The number of nitrogens with two attached hydrogens (primary N) is 1. The van der Waals surface area contributed by atoms with Crippen molar-refractivity contribution in [3.05, 3.63) is 35.9 Å². The van der Waals surface area contributed by atoms with Crippen LogP contribution in [0.2, 0.25) is 0 Å². The Morgan fingerprint density at radius 2 is 1.75 bits per heavy atom. The van der Waals surface area contributed by atoms with E-state index >= 15 is 0 Å². The zero-order chi connectivity index (χ0) is 15.4. The summed E-state index contributed by atoms with van der Waals surface area (Å²) in [5, 5.41) is 7.12. The second kappa shape index (κ2) is 10.8. The van der Waals surface area contributed by atoms with Gasteiger partial charge in [-0.3, -0.25) is 4.79 Å². The maximum atomic E-state index is 11.3. The second-order valence-corrected chi connectivity index (χ2v) is 3.85. The highest BCUT2D eigenvalue weighted by molar-refractivity contribution is 8.12. The maximum absolute atomic E-state index is 11.3. The molecule has 20 heavy (non-hydrogen) atoms. The number of ether oxygens (including phenoxy) is 2. The van der Waals surface area contributed by atoms with Gasteiger partial charge >= 0.3 is 17.2 Å². The van der Waals surface area contributed by atoms with E-state index in [0.717, 1.165) is 11.8 Å². The molecule has 8 heteroatoms. The zero-order valence-electron chi connectivity index (χ0n) is 10.8. The Hall–Kier alpha value is -2.06. The minimum Gasteiger partial charge on any atom is -0.480 e. The Kier molecular flexibility index (Phi) is 9.71. The summed E-state index contributed by atoms with van der Waals surface area (Å²) in [5.41, 5.74) is 5.00. The molecule has 0 aliphatic carbocycles. The van der Waals surface area contributed by atoms with Crippen LogP contribution in [0.3, 0.4) is 0 Å². The van der Waals surface area contributed by atoms with Crippen LogP contribution in [0.1, 0.15) is 10.4 Å². The third-order valence-electron chi connectivity index (χ3n) is 1.72. The number of carbonyl (C=O) groups excluding carboxylic acids is 2. The molecule has 0 unspecified atom stereocenters. The van der Waals surface area contributed by atoms with E-state index in [0.29, 0.717) is 5.56 Å². The van der Waals surface area contributed by atoms with Gasteiger partial charge in [0.1, 0.15) is 0 Å². The largest absolute Gasteiger partial charge is 0.480 e. The van der Waals surface area contributed by atoms with Gasteiger partial charge in [-0.1, -0.05) is 18.2 Å². The first kappa shape index (κ1) is 17.9. The molecule has 0 aliphatic rings. The SMILES string of the molecule is CSC(=O)OCOC(=O)c1ccccc1.NCC(=O)O. The number of hydrogen-bond acceptors (Lipinski definition) is 7. The van der Waals surface area contributed by atoms with E-state index in [2.05, 4.69) is 10.5 Å². The summed E-state index contributed by atoms with van der Waals surface area (Å²) in [6, 6.07) is 8.50. The van der Waals surface area contributed by atoms with Crippen molar-refractivity contribution in [1.82, 2.24) is 0 Å². The molecule has 0 fully saturated rings. The monoisotopic (exact) mass is 301 g/mol. The lowest BCUT2D eigenvalue weighted by Crippen LogP contribution is -2.10. The molecule has 0 bridgehead atoms. The molecule has 110 valence electrons. The Morgan fingerprint density at radius 3 is 2.20 bits per heavy atom. The van der Waals surface area contributed by atoms with E-state index in [1.54, 1.807) is 36.6 Å². The van der Waals surface area contributed by atoms with Crippen LogP contribution in [0.15, 0.2) is 30.3 Å². The Bertz CT molecular complexity index is 437. The fourth-order valence-corrected chi connectivity index (χ4v) is 1.01. The van der Waals surface area contributed by atoms with Crippen molar-refractivity contribution in [2.75, 3.05) is 19.6 Å². The summed E-state index contributed by atoms with van der Waals surface area (Å²) < 4.78 is 9.27. The maximum Gasteiger partial charge on any atom is 0.369 e. The highest BCUT2D eigenvalue weighted by atomic mass is 32.2. The van der Waals surface area contributed by atoms with E-state index < -0.39 is 17.2 Å². The van der Waals surface area contributed by atoms with E-state index in [-0.39, 0.29) is 13.3 Å². The number of aliphatic carboxylic acids is 1. The number of carboxylic acid groups (broad SMARTS) is 1. The van der Waals surface area contributed by atoms with Crippen molar-refractivity contribution in [3.63, 3.8) is 0 Å². The molecule has 0 saturated carbocycles. The molecule has 0 aliphatic heterocycles. The van der Waals surface area contributed by atoms with Gasteiger partial charge in [0.15, 0.2) is 0 Å². The minimum absolute atomic E-state index is 0.278. The molecular formula is C12H15NO6S. The molecule has 3 N–H and O–H groups in total. The molecule has 1 aromatic rings. The highest BCUT2D eigenvalue weighted by Gasteiger charge is 2.06. The Balaban J connectivity index is 0.000000621. The molecular weight excluding hydrogens is 286 g/mol. The van der Waals surface area contributed by atoms with Crippen molar-refractivity contribution in [2.24, 2.45) is 5.73 Å². The first-order chi connectivity index (χ1) is 9.51. The first-order valence-corrected chi connectivity index (χ1v) is 6.58. The summed E-state index contributed by atoms with van der Waals surface area (Å²) in [7, 11) is 0. The fraction of sp³-hybridized carbons (Fsp3) is 0.250. The van der Waals surface area contributed by atoms with Gasteiger partial charge in [0.2, 0.25) is 6.79 Å².